The highest BCUT2D eigenvalue weighted by atomic mass is 16.2. The van der Waals surface area contributed by atoms with Crippen LogP contribution in [0.4, 0.5) is 4.79 Å². The predicted octanol–water partition coefficient (Wildman–Crippen LogP) is -1.69. The summed E-state index contributed by atoms with van der Waals surface area (Å²) >= 11 is 0. The topological polar surface area (TPSA) is 64.7 Å². The lowest BCUT2D eigenvalue weighted by Crippen LogP contribution is -2.55. The van der Waals surface area contributed by atoms with Crippen molar-refractivity contribution in [2.75, 3.05) is 20.1 Å². The molecule has 0 radical (unpaired) electrons. The molecular formula is C6H10N4O2. The van der Waals surface area contributed by atoms with Gasteiger partial charge in [-0.25, -0.2) is 4.79 Å². The van der Waals surface area contributed by atoms with Gasteiger partial charge in [-0.15, -0.1) is 0 Å². The van der Waals surface area contributed by atoms with Crippen LogP contribution in [-0.4, -0.2) is 48.2 Å². The molecule has 12 heavy (non-hydrogen) atoms. The van der Waals surface area contributed by atoms with Crippen molar-refractivity contribution in [3.63, 3.8) is 0 Å². The van der Waals surface area contributed by atoms with Gasteiger partial charge in [0.05, 0.1) is 6.54 Å². The first-order valence-electron chi connectivity index (χ1n) is 3.75. The summed E-state index contributed by atoms with van der Waals surface area (Å²) in [5, 5.41) is 4.39. The van der Waals surface area contributed by atoms with Crippen LogP contribution in [0.25, 0.3) is 0 Å². The zero-order valence-electron chi connectivity index (χ0n) is 6.70. The monoisotopic (exact) mass is 170 g/mol. The van der Waals surface area contributed by atoms with Crippen molar-refractivity contribution in [2.45, 2.75) is 6.17 Å². The van der Waals surface area contributed by atoms with Crippen molar-refractivity contribution in [1.82, 2.24) is 20.7 Å². The molecule has 0 bridgehead atoms. The molecular weight excluding hydrogens is 160 g/mol. The Morgan fingerprint density at radius 1 is 1.50 bits per heavy atom. The first-order valence-corrected chi connectivity index (χ1v) is 3.75. The lowest BCUT2D eigenvalue weighted by molar-refractivity contribution is -0.125. The second-order valence-electron chi connectivity index (χ2n) is 2.94. The maximum atomic E-state index is 11.2. The number of piperazine rings is 1. The standard InChI is InChI=1S/C6H10N4O2/c1-9-5-2-7-4(11)3-10(5)6(12)8-9/h5H,2-3H2,1H3,(H,7,11)(H,8,12). The van der Waals surface area contributed by atoms with Crippen molar-refractivity contribution < 1.29 is 9.59 Å². The van der Waals surface area contributed by atoms with Crippen LogP contribution in [0.1, 0.15) is 0 Å². The van der Waals surface area contributed by atoms with E-state index >= 15 is 0 Å². The number of urea groups is 1. The SMILES string of the molecule is CN1NC(=O)N2CC(=O)NCC12. The Bertz CT molecular complexity index is 242. The number of hydrazine groups is 1. The maximum absolute atomic E-state index is 11.2. The zero-order valence-corrected chi connectivity index (χ0v) is 6.70. The summed E-state index contributed by atoms with van der Waals surface area (Å²) in [7, 11) is 1.78. The van der Waals surface area contributed by atoms with Crippen LogP contribution in [0.3, 0.4) is 0 Å². The minimum atomic E-state index is -0.197. The predicted molar refractivity (Wildman–Crippen MR) is 39.8 cm³/mol. The van der Waals surface area contributed by atoms with E-state index in [4.69, 9.17) is 0 Å². The molecule has 3 amide bonds. The second kappa shape index (κ2) is 2.34. The molecule has 0 aromatic carbocycles. The molecule has 6 heteroatoms. The highest BCUT2D eigenvalue weighted by Crippen LogP contribution is 2.12. The molecule has 0 aliphatic carbocycles. The van der Waals surface area contributed by atoms with Gasteiger partial charge in [0, 0.05) is 7.05 Å². The van der Waals surface area contributed by atoms with Crippen molar-refractivity contribution >= 4 is 11.9 Å². The average molecular weight is 170 g/mol. The fourth-order valence-corrected chi connectivity index (χ4v) is 1.47. The molecule has 1 unspecified atom stereocenters. The Morgan fingerprint density at radius 2 is 2.25 bits per heavy atom. The van der Waals surface area contributed by atoms with Gasteiger partial charge in [-0.05, 0) is 0 Å². The molecule has 0 aromatic heterocycles. The Hall–Kier alpha value is -1.30. The van der Waals surface area contributed by atoms with Crippen LogP contribution in [0.5, 0.6) is 0 Å². The Kier molecular flexibility index (Phi) is 1.44. The van der Waals surface area contributed by atoms with Crippen molar-refractivity contribution in [2.24, 2.45) is 0 Å². The first-order chi connectivity index (χ1) is 5.68. The molecule has 2 N–H and O–H groups in total. The van der Waals surface area contributed by atoms with E-state index in [1.165, 1.54) is 4.90 Å². The first kappa shape index (κ1) is 7.35. The minimum absolute atomic E-state index is 0.0322. The molecule has 2 fully saturated rings. The van der Waals surface area contributed by atoms with Crippen molar-refractivity contribution in [3.8, 4) is 0 Å². The van der Waals surface area contributed by atoms with E-state index in [0.717, 1.165) is 0 Å². The molecule has 66 valence electrons. The van der Waals surface area contributed by atoms with Gasteiger partial charge in [0.25, 0.3) is 0 Å². The zero-order chi connectivity index (χ0) is 8.72. The van der Waals surface area contributed by atoms with Crippen LogP contribution in [0.15, 0.2) is 0 Å². The van der Waals surface area contributed by atoms with E-state index < -0.39 is 0 Å². The largest absolute Gasteiger partial charge is 0.351 e. The van der Waals surface area contributed by atoms with Crippen LogP contribution < -0.4 is 10.7 Å². The van der Waals surface area contributed by atoms with E-state index in [1.807, 2.05) is 0 Å². The van der Waals surface area contributed by atoms with Gasteiger partial charge in [0.1, 0.15) is 12.7 Å². The lowest BCUT2D eigenvalue weighted by atomic mass is 10.3. The highest BCUT2D eigenvalue weighted by molar-refractivity contribution is 5.86. The summed E-state index contributed by atoms with van der Waals surface area (Å²) in [6, 6.07) is -0.197. The number of nitrogens with one attached hydrogen (secondary N) is 2. The molecule has 2 rings (SSSR count). The number of nitrogens with zero attached hydrogens (tertiary/aromatic N) is 2. The fraction of sp³-hybridized carbons (Fsp3) is 0.667. The lowest BCUT2D eigenvalue weighted by Gasteiger charge is -2.29. The number of fused-ring (bicyclic) bond motifs is 1. The fourth-order valence-electron chi connectivity index (χ4n) is 1.47. The third-order valence-corrected chi connectivity index (χ3v) is 2.14. The summed E-state index contributed by atoms with van der Waals surface area (Å²) in [5.74, 6) is -0.100. The molecule has 2 heterocycles. The maximum Gasteiger partial charge on any atom is 0.333 e. The molecule has 0 aromatic rings. The van der Waals surface area contributed by atoms with Gasteiger partial charge in [0.2, 0.25) is 5.91 Å². The van der Waals surface area contributed by atoms with Gasteiger partial charge in [-0.2, -0.15) is 5.01 Å². The molecule has 2 aliphatic heterocycles. The van der Waals surface area contributed by atoms with Gasteiger partial charge in [-0.1, -0.05) is 0 Å². The highest BCUT2D eigenvalue weighted by Gasteiger charge is 2.39. The molecule has 1 atom stereocenters. The number of carbonyl (C=O) groups is 2. The van der Waals surface area contributed by atoms with Crippen LogP contribution >= 0.6 is 0 Å². The third-order valence-electron chi connectivity index (χ3n) is 2.14. The number of amides is 3. The molecule has 6 nitrogen and oxygen atoms in total. The number of carbonyl (C=O) groups excluding carboxylic acids is 2. The Labute approximate surface area is 69.5 Å². The summed E-state index contributed by atoms with van der Waals surface area (Å²) < 4.78 is 0. The summed E-state index contributed by atoms with van der Waals surface area (Å²) in [6.07, 6.45) is -0.0322. The van der Waals surface area contributed by atoms with E-state index in [-0.39, 0.29) is 24.6 Å². The van der Waals surface area contributed by atoms with Crippen LogP contribution in [0.2, 0.25) is 0 Å². The molecule has 2 saturated heterocycles. The summed E-state index contributed by atoms with van der Waals surface area (Å²) in [4.78, 5) is 23.6. The number of hydrogen-bond acceptors (Lipinski definition) is 3. The summed E-state index contributed by atoms with van der Waals surface area (Å²) in [6.45, 7) is 0.648. The van der Waals surface area contributed by atoms with E-state index in [1.54, 1.807) is 12.1 Å². The van der Waals surface area contributed by atoms with Crippen molar-refractivity contribution in [3.05, 3.63) is 0 Å². The van der Waals surface area contributed by atoms with Gasteiger partial charge >= 0.3 is 6.03 Å². The Morgan fingerprint density at radius 3 is 3.00 bits per heavy atom. The van der Waals surface area contributed by atoms with E-state index in [9.17, 15) is 9.59 Å². The van der Waals surface area contributed by atoms with Gasteiger partial charge < -0.3 is 5.32 Å². The Balaban J connectivity index is 2.17. The van der Waals surface area contributed by atoms with Gasteiger partial charge in [0.15, 0.2) is 0 Å². The number of likely N-dealkylation sites (N-methyl/N-ethyl adjacent to an activating group) is 1. The number of rotatable bonds is 0. The van der Waals surface area contributed by atoms with Crippen LogP contribution in [-0.2, 0) is 4.79 Å². The van der Waals surface area contributed by atoms with E-state index in [2.05, 4.69) is 10.7 Å². The quantitative estimate of drug-likeness (QED) is 0.456. The normalized spacial score (nSPS) is 29.8. The smallest absolute Gasteiger partial charge is 0.333 e. The third kappa shape index (κ3) is 0.918. The average Bonchev–Trinajstić information content (AvgIpc) is 2.28. The van der Waals surface area contributed by atoms with E-state index in [0.29, 0.717) is 6.54 Å². The number of hydrogen-bond donors (Lipinski definition) is 2. The van der Waals surface area contributed by atoms with Crippen molar-refractivity contribution in [1.29, 1.82) is 0 Å². The van der Waals surface area contributed by atoms with Gasteiger partial charge in [-0.3, -0.25) is 15.1 Å². The minimum Gasteiger partial charge on any atom is -0.351 e. The van der Waals surface area contributed by atoms with Crippen LogP contribution in [0, 0.1) is 0 Å². The molecule has 0 saturated carbocycles. The second-order valence-corrected chi connectivity index (χ2v) is 2.94. The molecule has 2 aliphatic rings. The molecule has 0 spiro atoms. The summed E-state index contributed by atoms with van der Waals surface area (Å²) in [5.41, 5.74) is 2.61.